The van der Waals surface area contributed by atoms with Gasteiger partial charge in [0.25, 0.3) is 10.0 Å². The Labute approximate surface area is 229 Å². The number of halogens is 1. The van der Waals surface area contributed by atoms with E-state index in [0.717, 1.165) is 5.56 Å². The number of hydrogen-bond donors (Lipinski definition) is 1. The number of nitrogens with one attached hydrogen (secondary N) is 1. The van der Waals surface area contributed by atoms with Gasteiger partial charge in [0, 0.05) is 12.0 Å². The number of ether oxygens (including phenoxy) is 1. The van der Waals surface area contributed by atoms with E-state index in [9.17, 15) is 17.6 Å². The highest BCUT2D eigenvalue weighted by atomic mass is 32.2. The molecule has 39 heavy (non-hydrogen) atoms. The number of sulfonamides is 1. The molecule has 0 spiro atoms. The highest BCUT2D eigenvalue weighted by Crippen LogP contribution is 2.41. The first-order valence-electron chi connectivity index (χ1n) is 12.6. The van der Waals surface area contributed by atoms with E-state index in [0.29, 0.717) is 41.2 Å². The van der Waals surface area contributed by atoms with Crippen LogP contribution in [0.4, 0.5) is 14.9 Å². The Morgan fingerprint density at radius 2 is 1.85 bits per heavy atom. The molecule has 1 N–H and O–H groups in total. The van der Waals surface area contributed by atoms with Gasteiger partial charge in [0.2, 0.25) is 0 Å². The van der Waals surface area contributed by atoms with Crippen LogP contribution in [-0.2, 0) is 26.6 Å². The number of carbonyl (C=O) groups excluding carboxylic acids is 1. The quantitative estimate of drug-likeness (QED) is 0.323. The standard InChI is InChI=1S/C29H33FN4O4S/c1-19-9-7-8-10-25(19)39(36,37)33-31-17-23-21(15-20-11-13-22(30)14-12-20)16-24-26(32-23)29(5,6)18-34(24)27(35)38-28(2,3)4/h7-14,16-17,33H,15,18H2,1-6H3/b31-17+. The van der Waals surface area contributed by atoms with Gasteiger partial charge >= 0.3 is 6.09 Å². The molecule has 4 rings (SSSR count). The maximum atomic E-state index is 13.5. The molecule has 2 aromatic carbocycles. The van der Waals surface area contributed by atoms with Crippen LogP contribution in [-0.4, -0.2) is 37.9 Å². The maximum Gasteiger partial charge on any atom is 0.414 e. The van der Waals surface area contributed by atoms with Gasteiger partial charge in [0.15, 0.2) is 0 Å². The van der Waals surface area contributed by atoms with Crippen LogP contribution >= 0.6 is 0 Å². The highest BCUT2D eigenvalue weighted by molar-refractivity contribution is 7.89. The molecule has 206 valence electrons. The van der Waals surface area contributed by atoms with E-state index in [1.54, 1.807) is 42.2 Å². The molecule has 1 amide bonds. The average molecular weight is 553 g/mol. The van der Waals surface area contributed by atoms with Crippen molar-refractivity contribution in [2.24, 2.45) is 5.10 Å². The van der Waals surface area contributed by atoms with Gasteiger partial charge in [-0.3, -0.25) is 4.90 Å². The van der Waals surface area contributed by atoms with Gasteiger partial charge in [0.1, 0.15) is 11.4 Å². The fraction of sp³-hybridized carbons (Fsp3) is 0.345. The van der Waals surface area contributed by atoms with Gasteiger partial charge in [-0.1, -0.05) is 44.2 Å². The number of nitrogens with zero attached hydrogens (tertiary/aromatic N) is 3. The van der Waals surface area contributed by atoms with Gasteiger partial charge in [-0.15, -0.1) is 0 Å². The van der Waals surface area contributed by atoms with Gasteiger partial charge in [-0.2, -0.15) is 18.4 Å². The number of carbonyl (C=O) groups is 1. The van der Waals surface area contributed by atoms with Crippen molar-refractivity contribution in [2.45, 2.75) is 63.9 Å². The van der Waals surface area contributed by atoms with E-state index >= 15 is 0 Å². The molecule has 10 heteroatoms. The van der Waals surface area contributed by atoms with Crippen LogP contribution in [0.2, 0.25) is 0 Å². The first-order valence-corrected chi connectivity index (χ1v) is 14.0. The molecule has 1 aliphatic rings. The van der Waals surface area contributed by atoms with E-state index in [2.05, 4.69) is 9.93 Å². The molecular formula is C29H33FN4O4S. The van der Waals surface area contributed by atoms with Crippen molar-refractivity contribution in [1.82, 2.24) is 9.82 Å². The first-order chi connectivity index (χ1) is 18.2. The zero-order valence-corrected chi connectivity index (χ0v) is 23.8. The summed E-state index contributed by atoms with van der Waals surface area (Å²) in [5, 5.41) is 4.03. The minimum atomic E-state index is -3.90. The van der Waals surface area contributed by atoms with Crippen LogP contribution in [0.25, 0.3) is 0 Å². The molecule has 0 saturated carbocycles. The van der Waals surface area contributed by atoms with Crippen molar-refractivity contribution in [3.05, 3.63) is 88.5 Å². The maximum absolute atomic E-state index is 13.5. The Morgan fingerprint density at radius 1 is 1.18 bits per heavy atom. The lowest BCUT2D eigenvalue weighted by Gasteiger charge is -2.25. The van der Waals surface area contributed by atoms with E-state index in [-0.39, 0.29) is 10.7 Å². The Morgan fingerprint density at radius 3 is 2.49 bits per heavy atom. The van der Waals surface area contributed by atoms with Crippen molar-refractivity contribution < 1.29 is 22.3 Å². The molecule has 0 atom stereocenters. The fourth-order valence-corrected chi connectivity index (χ4v) is 5.47. The predicted molar refractivity (Wildman–Crippen MR) is 149 cm³/mol. The summed E-state index contributed by atoms with van der Waals surface area (Å²) in [6.07, 6.45) is 1.24. The number of aromatic nitrogens is 1. The molecule has 0 bridgehead atoms. The smallest absolute Gasteiger partial charge is 0.414 e. The number of anilines is 1. The zero-order valence-electron chi connectivity index (χ0n) is 22.9. The topological polar surface area (TPSA) is 101 Å². The zero-order chi connectivity index (χ0) is 28.6. The van der Waals surface area contributed by atoms with Crippen molar-refractivity contribution in [2.75, 3.05) is 11.4 Å². The SMILES string of the molecule is Cc1ccccc1S(=O)(=O)N/N=C/c1nc2c(cc1Cc1ccc(F)cc1)N(C(=O)OC(C)(C)C)CC2(C)C. The van der Waals surface area contributed by atoms with Crippen molar-refractivity contribution in [3.63, 3.8) is 0 Å². The third kappa shape index (κ3) is 6.44. The summed E-state index contributed by atoms with van der Waals surface area (Å²) in [7, 11) is -3.90. The van der Waals surface area contributed by atoms with E-state index in [1.165, 1.54) is 24.4 Å². The van der Waals surface area contributed by atoms with Gasteiger partial charge in [0.05, 0.1) is 28.2 Å². The Balaban J connectivity index is 1.74. The van der Waals surface area contributed by atoms with E-state index < -0.39 is 27.1 Å². The second-order valence-corrected chi connectivity index (χ2v) is 12.9. The molecule has 0 aliphatic carbocycles. The molecule has 1 aliphatic heterocycles. The van der Waals surface area contributed by atoms with Gasteiger partial charge in [-0.25, -0.2) is 14.2 Å². The van der Waals surface area contributed by atoms with E-state index in [1.807, 2.05) is 40.7 Å². The van der Waals surface area contributed by atoms with Crippen molar-refractivity contribution in [1.29, 1.82) is 0 Å². The summed E-state index contributed by atoms with van der Waals surface area (Å²) in [6, 6.07) is 14.5. The minimum Gasteiger partial charge on any atom is -0.443 e. The molecule has 0 unspecified atom stereocenters. The lowest BCUT2D eigenvalue weighted by Crippen LogP contribution is -2.38. The lowest BCUT2D eigenvalue weighted by molar-refractivity contribution is 0.0579. The van der Waals surface area contributed by atoms with Crippen LogP contribution in [0.5, 0.6) is 0 Å². The number of benzene rings is 2. The van der Waals surface area contributed by atoms with Crippen LogP contribution < -0.4 is 9.73 Å². The van der Waals surface area contributed by atoms with Crippen LogP contribution in [0, 0.1) is 12.7 Å². The first kappa shape index (κ1) is 28.2. The fourth-order valence-electron chi connectivity index (χ4n) is 4.44. The number of fused-ring (bicyclic) bond motifs is 1. The Bertz CT molecular complexity index is 1530. The second-order valence-electron chi connectivity index (χ2n) is 11.3. The molecule has 3 aromatic rings. The number of aryl methyl sites for hydroxylation is 1. The molecule has 0 fully saturated rings. The van der Waals surface area contributed by atoms with Crippen LogP contribution in [0.1, 0.15) is 62.7 Å². The number of hydrazone groups is 1. The average Bonchev–Trinajstić information content (AvgIpc) is 3.09. The van der Waals surface area contributed by atoms with Gasteiger partial charge < -0.3 is 4.74 Å². The van der Waals surface area contributed by atoms with Crippen molar-refractivity contribution in [3.8, 4) is 0 Å². The summed E-state index contributed by atoms with van der Waals surface area (Å²) in [4.78, 5) is 21.9. The molecular weight excluding hydrogens is 519 g/mol. The summed E-state index contributed by atoms with van der Waals surface area (Å²) >= 11 is 0. The number of hydrogen-bond acceptors (Lipinski definition) is 6. The highest BCUT2D eigenvalue weighted by Gasteiger charge is 2.41. The molecule has 1 aromatic heterocycles. The molecule has 8 nitrogen and oxygen atoms in total. The number of rotatable bonds is 6. The number of amides is 1. The Hall–Kier alpha value is -3.79. The van der Waals surface area contributed by atoms with Crippen molar-refractivity contribution >= 4 is 28.0 Å². The Kier molecular flexibility index (Phi) is 7.53. The summed E-state index contributed by atoms with van der Waals surface area (Å²) in [5.41, 5.74) is 2.64. The molecule has 0 saturated heterocycles. The van der Waals surface area contributed by atoms with E-state index in [4.69, 9.17) is 9.72 Å². The predicted octanol–water partition coefficient (Wildman–Crippen LogP) is 5.47. The number of pyridine rings is 1. The van der Waals surface area contributed by atoms with Crippen LogP contribution in [0.15, 0.2) is 64.6 Å². The monoisotopic (exact) mass is 552 g/mol. The third-order valence-electron chi connectivity index (χ3n) is 6.26. The summed E-state index contributed by atoms with van der Waals surface area (Å²) < 4.78 is 44.8. The largest absolute Gasteiger partial charge is 0.443 e. The molecule has 0 radical (unpaired) electrons. The molecule has 2 heterocycles. The third-order valence-corrected chi connectivity index (χ3v) is 7.65. The summed E-state index contributed by atoms with van der Waals surface area (Å²) in [6.45, 7) is 11.4. The van der Waals surface area contributed by atoms with Gasteiger partial charge in [-0.05, 0) is 75.1 Å². The second kappa shape index (κ2) is 10.4. The van der Waals surface area contributed by atoms with Crippen LogP contribution in [0.3, 0.4) is 0 Å². The minimum absolute atomic E-state index is 0.129. The lowest BCUT2D eigenvalue weighted by atomic mass is 9.90. The summed E-state index contributed by atoms with van der Waals surface area (Å²) in [5.74, 6) is -0.351. The normalized spacial score (nSPS) is 14.9.